The quantitative estimate of drug-likeness (QED) is 0.505. The molecule has 5 heteroatoms. The zero-order valence-corrected chi connectivity index (χ0v) is 12.2. The van der Waals surface area contributed by atoms with Gasteiger partial charge in [0, 0.05) is 4.90 Å². The van der Waals surface area contributed by atoms with Crippen molar-refractivity contribution in [1.29, 1.82) is 0 Å². The standard InChI is InChI=1S/C15H17FN2OS/c1-19-14-8-5-11(9-13(14)16)15(18-17)10-3-6-12(20-2)7-4-10/h3-9,15,18H,17H2,1-2H3. The Morgan fingerprint density at radius 3 is 2.30 bits per heavy atom. The molecule has 0 saturated heterocycles. The highest BCUT2D eigenvalue weighted by molar-refractivity contribution is 7.98. The van der Waals surface area contributed by atoms with Gasteiger partial charge in [0.05, 0.1) is 13.2 Å². The molecule has 0 saturated carbocycles. The lowest BCUT2D eigenvalue weighted by molar-refractivity contribution is 0.385. The molecule has 0 spiro atoms. The largest absolute Gasteiger partial charge is 0.494 e. The number of nitrogens with one attached hydrogen (secondary N) is 1. The molecule has 0 aliphatic carbocycles. The van der Waals surface area contributed by atoms with Gasteiger partial charge in [-0.1, -0.05) is 18.2 Å². The van der Waals surface area contributed by atoms with Crippen LogP contribution in [-0.4, -0.2) is 13.4 Å². The molecule has 0 amide bonds. The third-order valence-corrected chi connectivity index (χ3v) is 3.87. The highest BCUT2D eigenvalue weighted by Crippen LogP contribution is 2.27. The molecule has 0 aliphatic heterocycles. The van der Waals surface area contributed by atoms with E-state index in [1.54, 1.807) is 23.9 Å². The maximum Gasteiger partial charge on any atom is 0.165 e. The first kappa shape index (κ1) is 14.8. The summed E-state index contributed by atoms with van der Waals surface area (Å²) >= 11 is 1.67. The zero-order valence-electron chi connectivity index (χ0n) is 11.4. The van der Waals surface area contributed by atoms with Crippen LogP contribution in [0.3, 0.4) is 0 Å². The lowest BCUT2D eigenvalue weighted by Gasteiger charge is -2.18. The van der Waals surface area contributed by atoms with E-state index in [4.69, 9.17) is 10.6 Å². The second-order valence-corrected chi connectivity index (χ2v) is 5.15. The van der Waals surface area contributed by atoms with Gasteiger partial charge < -0.3 is 4.74 Å². The second kappa shape index (κ2) is 6.74. The molecular weight excluding hydrogens is 275 g/mol. The highest BCUT2D eigenvalue weighted by Gasteiger charge is 2.14. The monoisotopic (exact) mass is 292 g/mol. The molecule has 0 aromatic heterocycles. The average Bonchev–Trinajstić information content (AvgIpc) is 2.49. The van der Waals surface area contributed by atoms with Crippen LogP contribution in [0.25, 0.3) is 0 Å². The van der Waals surface area contributed by atoms with Gasteiger partial charge in [-0.2, -0.15) is 0 Å². The molecule has 2 rings (SSSR count). The second-order valence-electron chi connectivity index (χ2n) is 4.27. The van der Waals surface area contributed by atoms with E-state index in [0.29, 0.717) is 0 Å². The summed E-state index contributed by atoms with van der Waals surface area (Å²) in [6.07, 6.45) is 2.02. The van der Waals surface area contributed by atoms with Crippen molar-refractivity contribution in [3.05, 3.63) is 59.4 Å². The summed E-state index contributed by atoms with van der Waals surface area (Å²) in [5.74, 6) is 5.45. The van der Waals surface area contributed by atoms with E-state index in [2.05, 4.69) is 5.43 Å². The fourth-order valence-corrected chi connectivity index (χ4v) is 2.45. The van der Waals surface area contributed by atoms with Crippen LogP contribution in [0.5, 0.6) is 5.75 Å². The van der Waals surface area contributed by atoms with Crippen molar-refractivity contribution in [2.75, 3.05) is 13.4 Å². The van der Waals surface area contributed by atoms with Gasteiger partial charge in [0.2, 0.25) is 0 Å². The summed E-state index contributed by atoms with van der Waals surface area (Å²) in [6.45, 7) is 0. The maximum atomic E-state index is 13.8. The minimum absolute atomic E-state index is 0.224. The summed E-state index contributed by atoms with van der Waals surface area (Å²) in [6, 6.07) is 12.6. The van der Waals surface area contributed by atoms with Crippen LogP contribution in [0.15, 0.2) is 47.4 Å². The fourth-order valence-electron chi connectivity index (χ4n) is 2.04. The fraction of sp³-hybridized carbons (Fsp3) is 0.200. The molecule has 0 bridgehead atoms. The Hall–Kier alpha value is -1.56. The summed E-state index contributed by atoms with van der Waals surface area (Å²) in [5.41, 5.74) is 4.46. The van der Waals surface area contributed by atoms with Crippen LogP contribution in [0.2, 0.25) is 0 Å². The van der Waals surface area contributed by atoms with Crippen LogP contribution in [0, 0.1) is 5.82 Å². The summed E-state index contributed by atoms with van der Waals surface area (Å²) in [7, 11) is 1.44. The Kier molecular flexibility index (Phi) is 5.00. The minimum Gasteiger partial charge on any atom is -0.494 e. The molecule has 0 aliphatic rings. The van der Waals surface area contributed by atoms with Gasteiger partial charge in [-0.05, 0) is 41.6 Å². The van der Waals surface area contributed by atoms with Gasteiger partial charge in [-0.3, -0.25) is 5.84 Å². The molecule has 1 atom stereocenters. The summed E-state index contributed by atoms with van der Waals surface area (Å²) in [4.78, 5) is 1.17. The van der Waals surface area contributed by atoms with Crippen molar-refractivity contribution in [2.24, 2.45) is 5.84 Å². The first-order chi connectivity index (χ1) is 9.69. The molecule has 106 valence electrons. The number of thioether (sulfide) groups is 1. The van der Waals surface area contributed by atoms with Crippen LogP contribution < -0.4 is 16.0 Å². The Morgan fingerprint density at radius 1 is 1.15 bits per heavy atom. The van der Waals surface area contributed by atoms with Gasteiger partial charge >= 0.3 is 0 Å². The lowest BCUT2D eigenvalue weighted by Crippen LogP contribution is -2.28. The van der Waals surface area contributed by atoms with E-state index in [-0.39, 0.29) is 11.8 Å². The molecule has 3 nitrogen and oxygen atoms in total. The van der Waals surface area contributed by atoms with E-state index in [1.807, 2.05) is 30.5 Å². The van der Waals surface area contributed by atoms with Crippen molar-refractivity contribution in [1.82, 2.24) is 5.43 Å². The smallest absolute Gasteiger partial charge is 0.165 e. The molecule has 0 radical (unpaired) electrons. The Balaban J connectivity index is 2.33. The van der Waals surface area contributed by atoms with Crippen LogP contribution in [-0.2, 0) is 0 Å². The average molecular weight is 292 g/mol. The maximum absolute atomic E-state index is 13.8. The molecule has 1 unspecified atom stereocenters. The molecule has 3 N–H and O–H groups in total. The minimum atomic E-state index is -0.397. The lowest BCUT2D eigenvalue weighted by atomic mass is 9.99. The van der Waals surface area contributed by atoms with Gasteiger partial charge in [0.25, 0.3) is 0 Å². The van der Waals surface area contributed by atoms with Crippen molar-refractivity contribution in [3.8, 4) is 5.75 Å². The molecule has 20 heavy (non-hydrogen) atoms. The number of hydrazine groups is 1. The Labute approximate surface area is 122 Å². The first-order valence-corrected chi connectivity index (χ1v) is 7.35. The molecule has 2 aromatic carbocycles. The third kappa shape index (κ3) is 3.12. The van der Waals surface area contributed by atoms with Crippen molar-refractivity contribution < 1.29 is 9.13 Å². The highest BCUT2D eigenvalue weighted by atomic mass is 32.2. The molecule has 0 heterocycles. The first-order valence-electron chi connectivity index (χ1n) is 6.13. The van der Waals surface area contributed by atoms with Gasteiger partial charge in [0.15, 0.2) is 11.6 Å². The number of rotatable bonds is 5. The predicted molar refractivity (Wildman–Crippen MR) is 80.3 cm³/mol. The van der Waals surface area contributed by atoms with Gasteiger partial charge in [-0.25, -0.2) is 9.82 Å². The van der Waals surface area contributed by atoms with E-state index in [0.717, 1.165) is 11.1 Å². The van der Waals surface area contributed by atoms with Crippen LogP contribution in [0.1, 0.15) is 17.2 Å². The Morgan fingerprint density at radius 2 is 1.80 bits per heavy atom. The number of hydrogen-bond acceptors (Lipinski definition) is 4. The topological polar surface area (TPSA) is 47.3 Å². The molecule has 0 fully saturated rings. The SMILES string of the molecule is COc1ccc(C(NN)c2ccc(SC)cc2)cc1F. The van der Waals surface area contributed by atoms with Crippen LogP contribution in [0.4, 0.5) is 4.39 Å². The van der Waals surface area contributed by atoms with E-state index in [9.17, 15) is 4.39 Å². The zero-order chi connectivity index (χ0) is 14.5. The number of hydrogen-bond donors (Lipinski definition) is 2. The van der Waals surface area contributed by atoms with Gasteiger partial charge in [-0.15, -0.1) is 11.8 Å². The summed E-state index contributed by atoms with van der Waals surface area (Å²) < 4.78 is 18.7. The number of ether oxygens (including phenoxy) is 1. The normalized spacial score (nSPS) is 12.2. The third-order valence-electron chi connectivity index (χ3n) is 3.12. The number of nitrogens with two attached hydrogens (primary N) is 1. The van der Waals surface area contributed by atoms with Crippen LogP contribution >= 0.6 is 11.8 Å². The van der Waals surface area contributed by atoms with E-state index < -0.39 is 5.82 Å². The van der Waals surface area contributed by atoms with Gasteiger partial charge in [0.1, 0.15) is 0 Å². The van der Waals surface area contributed by atoms with Crippen molar-refractivity contribution in [2.45, 2.75) is 10.9 Å². The van der Waals surface area contributed by atoms with Crippen molar-refractivity contribution in [3.63, 3.8) is 0 Å². The van der Waals surface area contributed by atoms with E-state index >= 15 is 0 Å². The Bertz CT molecular complexity index is 575. The molecule has 2 aromatic rings. The number of halogens is 1. The summed E-state index contributed by atoms with van der Waals surface area (Å²) in [5, 5.41) is 0. The van der Waals surface area contributed by atoms with E-state index in [1.165, 1.54) is 18.1 Å². The predicted octanol–water partition coefficient (Wildman–Crippen LogP) is 3.11. The molecular formula is C15H17FN2OS. The number of methoxy groups -OCH3 is 1. The van der Waals surface area contributed by atoms with Crippen molar-refractivity contribution >= 4 is 11.8 Å². The number of benzene rings is 2.